The maximum atomic E-state index is 11.6. The predicted octanol–water partition coefficient (Wildman–Crippen LogP) is 1.07. The summed E-state index contributed by atoms with van der Waals surface area (Å²) in [7, 11) is 0. The van der Waals surface area contributed by atoms with Crippen molar-refractivity contribution in [3.8, 4) is 0 Å². The molecule has 2 rings (SSSR count). The first kappa shape index (κ1) is 22.2. The van der Waals surface area contributed by atoms with Crippen molar-refractivity contribution in [3.63, 3.8) is 0 Å². The van der Waals surface area contributed by atoms with E-state index < -0.39 is 11.2 Å². The zero-order chi connectivity index (χ0) is 20.8. The Hall–Kier alpha value is -2.10. The van der Waals surface area contributed by atoms with Crippen LogP contribution >= 0.6 is 0 Å². The number of nitrogens with zero attached hydrogens (tertiary/aromatic N) is 4. The van der Waals surface area contributed by atoms with Crippen molar-refractivity contribution < 1.29 is 24.2 Å². The molecule has 0 atom stereocenters. The highest BCUT2D eigenvalue weighted by Gasteiger charge is 2.28. The summed E-state index contributed by atoms with van der Waals surface area (Å²) in [6.07, 6.45) is 5.56. The van der Waals surface area contributed by atoms with Crippen LogP contribution in [0.15, 0.2) is 18.3 Å². The molecule has 0 spiro atoms. The Labute approximate surface area is 165 Å². The van der Waals surface area contributed by atoms with Gasteiger partial charge in [0.2, 0.25) is 0 Å². The minimum atomic E-state index is -0.466. The van der Waals surface area contributed by atoms with E-state index >= 15 is 0 Å². The molecule has 1 aliphatic rings. The van der Waals surface area contributed by atoms with Gasteiger partial charge in [-0.15, -0.1) is 5.10 Å². The van der Waals surface area contributed by atoms with Gasteiger partial charge in [0.25, 0.3) is 11.8 Å². The van der Waals surface area contributed by atoms with Gasteiger partial charge in [0.15, 0.2) is 0 Å². The molecule has 0 unspecified atom stereocenters. The number of hydrogen-bond acceptors (Lipinski definition) is 7. The van der Waals surface area contributed by atoms with Gasteiger partial charge in [0, 0.05) is 18.7 Å². The molecule has 0 fully saturated rings. The molecule has 156 valence electrons. The van der Waals surface area contributed by atoms with Crippen molar-refractivity contribution in [2.45, 2.75) is 64.9 Å². The van der Waals surface area contributed by atoms with Crippen LogP contribution in [0.1, 0.15) is 46.2 Å². The smallest absolute Gasteiger partial charge is 0.253 e. The standard InChI is InChI=1S/C19H30N4O5/c1-18(2,7-9-23-16(25)5-6-17(23)26)27-12-8-19(3,4)28-14-15-13-22(10-11-24)21-20-15/h5-6,13,24H,7-12,14H2,1-4H3. The SMILES string of the molecule is CC(C)(CCN1C(=O)C=CC1=O)OCCC(C)(C)OCc1cn(CCO)nn1. The summed E-state index contributed by atoms with van der Waals surface area (Å²) in [4.78, 5) is 24.4. The number of imide groups is 1. The molecule has 0 bridgehead atoms. The lowest BCUT2D eigenvalue weighted by molar-refractivity contribution is -0.137. The minimum absolute atomic E-state index is 0.0128. The Kier molecular flexibility index (Phi) is 7.45. The van der Waals surface area contributed by atoms with Gasteiger partial charge in [-0.25, -0.2) is 4.68 Å². The first-order valence-electron chi connectivity index (χ1n) is 9.43. The maximum absolute atomic E-state index is 11.6. The van der Waals surface area contributed by atoms with Crippen LogP contribution in [-0.4, -0.2) is 67.8 Å². The average molecular weight is 394 g/mol. The van der Waals surface area contributed by atoms with Gasteiger partial charge < -0.3 is 14.6 Å². The summed E-state index contributed by atoms with van der Waals surface area (Å²) in [5.41, 5.74) is -0.176. The number of carbonyl (C=O) groups is 2. The molecule has 0 saturated heterocycles. The molecule has 1 aromatic rings. The fraction of sp³-hybridized carbons (Fsp3) is 0.684. The van der Waals surface area contributed by atoms with Gasteiger partial charge >= 0.3 is 0 Å². The Morgan fingerprint density at radius 3 is 2.29 bits per heavy atom. The van der Waals surface area contributed by atoms with Crippen LogP contribution in [0.2, 0.25) is 0 Å². The highest BCUT2D eigenvalue weighted by atomic mass is 16.5. The minimum Gasteiger partial charge on any atom is -0.394 e. The lowest BCUT2D eigenvalue weighted by Gasteiger charge is -2.30. The van der Waals surface area contributed by atoms with Crippen molar-refractivity contribution in [2.75, 3.05) is 19.8 Å². The lowest BCUT2D eigenvalue weighted by atomic mass is 10.0. The molecule has 9 nitrogen and oxygen atoms in total. The first-order chi connectivity index (χ1) is 13.1. The maximum Gasteiger partial charge on any atom is 0.253 e. The average Bonchev–Trinajstić information content (AvgIpc) is 3.18. The van der Waals surface area contributed by atoms with E-state index in [4.69, 9.17) is 14.6 Å². The molecule has 1 N–H and O–H groups in total. The van der Waals surface area contributed by atoms with E-state index in [0.717, 1.165) is 0 Å². The van der Waals surface area contributed by atoms with Crippen molar-refractivity contribution in [3.05, 3.63) is 24.0 Å². The van der Waals surface area contributed by atoms with E-state index in [-0.39, 0.29) is 18.4 Å². The molecule has 1 aromatic heterocycles. The number of aliphatic hydroxyl groups is 1. The van der Waals surface area contributed by atoms with E-state index in [0.29, 0.717) is 44.8 Å². The van der Waals surface area contributed by atoms with Crippen LogP contribution < -0.4 is 0 Å². The molecular formula is C19H30N4O5. The van der Waals surface area contributed by atoms with E-state index in [9.17, 15) is 9.59 Å². The fourth-order valence-corrected chi connectivity index (χ4v) is 2.64. The van der Waals surface area contributed by atoms with Crippen LogP contribution in [0, 0.1) is 0 Å². The normalized spacial score (nSPS) is 15.1. The quantitative estimate of drug-likeness (QED) is 0.528. The van der Waals surface area contributed by atoms with Crippen LogP contribution in [0.5, 0.6) is 0 Å². The summed E-state index contributed by atoms with van der Waals surface area (Å²) in [5, 5.41) is 16.8. The van der Waals surface area contributed by atoms with Gasteiger partial charge in [-0.1, -0.05) is 5.21 Å². The molecule has 28 heavy (non-hydrogen) atoms. The number of aliphatic hydroxyl groups excluding tert-OH is 1. The third kappa shape index (κ3) is 6.81. The Morgan fingerprint density at radius 2 is 1.64 bits per heavy atom. The Balaban J connectivity index is 1.70. The molecule has 1 aliphatic heterocycles. The van der Waals surface area contributed by atoms with E-state index in [1.165, 1.54) is 17.1 Å². The molecule has 0 aliphatic carbocycles. The number of aromatic nitrogens is 3. The third-order valence-electron chi connectivity index (χ3n) is 4.56. The number of amides is 2. The van der Waals surface area contributed by atoms with Crippen LogP contribution in [0.4, 0.5) is 0 Å². The number of rotatable bonds is 12. The zero-order valence-electron chi connectivity index (χ0n) is 17.1. The molecule has 0 radical (unpaired) electrons. The van der Waals surface area contributed by atoms with Crippen molar-refractivity contribution in [1.82, 2.24) is 19.9 Å². The Morgan fingerprint density at radius 1 is 1.00 bits per heavy atom. The number of carbonyl (C=O) groups excluding carboxylic acids is 2. The molecule has 9 heteroatoms. The topological polar surface area (TPSA) is 107 Å². The highest BCUT2D eigenvalue weighted by molar-refractivity contribution is 6.12. The van der Waals surface area contributed by atoms with Gasteiger partial charge in [-0.05, 0) is 40.5 Å². The van der Waals surface area contributed by atoms with Crippen LogP contribution in [-0.2, 0) is 32.2 Å². The van der Waals surface area contributed by atoms with Crippen molar-refractivity contribution >= 4 is 11.8 Å². The molecule has 2 amide bonds. The van der Waals surface area contributed by atoms with Crippen LogP contribution in [0.3, 0.4) is 0 Å². The second-order valence-electron chi connectivity index (χ2n) is 8.01. The summed E-state index contributed by atoms with van der Waals surface area (Å²) in [5.74, 6) is -0.544. The molecule has 0 aromatic carbocycles. The third-order valence-corrected chi connectivity index (χ3v) is 4.56. The molecule has 0 saturated carbocycles. The zero-order valence-corrected chi connectivity index (χ0v) is 17.1. The molecule has 2 heterocycles. The van der Waals surface area contributed by atoms with E-state index in [1.54, 1.807) is 10.9 Å². The predicted molar refractivity (Wildman–Crippen MR) is 101 cm³/mol. The molecular weight excluding hydrogens is 364 g/mol. The van der Waals surface area contributed by atoms with Gasteiger partial charge in [0.05, 0.1) is 43.8 Å². The van der Waals surface area contributed by atoms with Gasteiger partial charge in [0.1, 0.15) is 5.69 Å². The monoisotopic (exact) mass is 394 g/mol. The van der Waals surface area contributed by atoms with Crippen molar-refractivity contribution in [1.29, 1.82) is 0 Å². The van der Waals surface area contributed by atoms with Crippen LogP contribution in [0.25, 0.3) is 0 Å². The number of hydrogen-bond donors (Lipinski definition) is 1. The van der Waals surface area contributed by atoms with E-state index in [1.807, 2.05) is 27.7 Å². The summed E-state index contributed by atoms with van der Waals surface area (Å²) in [6.45, 7) is 9.41. The second-order valence-corrected chi connectivity index (χ2v) is 8.01. The van der Waals surface area contributed by atoms with E-state index in [2.05, 4.69) is 10.3 Å². The second kappa shape index (κ2) is 9.40. The first-order valence-corrected chi connectivity index (χ1v) is 9.43. The highest BCUT2D eigenvalue weighted by Crippen LogP contribution is 2.21. The van der Waals surface area contributed by atoms with Gasteiger partial charge in [-0.2, -0.15) is 0 Å². The summed E-state index contributed by atoms with van der Waals surface area (Å²) >= 11 is 0. The summed E-state index contributed by atoms with van der Waals surface area (Å²) < 4.78 is 13.5. The van der Waals surface area contributed by atoms with Crippen molar-refractivity contribution in [2.24, 2.45) is 0 Å². The number of ether oxygens (including phenoxy) is 2. The lowest BCUT2D eigenvalue weighted by Crippen LogP contribution is -2.37. The largest absolute Gasteiger partial charge is 0.394 e. The Bertz CT molecular complexity index is 693. The summed E-state index contributed by atoms with van der Waals surface area (Å²) in [6, 6.07) is 0. The fourth-order valence-electron chi connectivity index (χ4n) is 2.64. The van der Waals surface area contributed by atoms with Gasteiger partial charge in [-0.3, -0.25) is 14.5 Å².